The third-order valence-electron chi connectivity index (χ3n) is 2.39. The Morgan fingerprint density at radius 3 is 2.73 bits per heavy atom. The van der Waals surface area contributed by atoms with E-state index in [0.717, 1.165) is 11.1 Å². The van der Waals surface area contributed by atoms with Gasteiger partial charge in [-0.15, -0.1) is 0 Å². The van der Waals surface area contributed by atoms with Crippen molar-refractivity contribution in [3.8, 4) is 0 Å². The topological polar surface area (TPSA) is 57.5 Å². The molecule has 0 radical (unpaired) electrons. The molecule has 1 unspecified atom stereocenters. The molecular weight excluding hydrogens is 192 g/mol. The van der Waals surface area contributed by atoms with Crippen molar-refractivity contribution in [2.24, 2.45) is 0 Å². The summed E-state index contributed by atoms with van der Waals surface area (Å²) >= 11 is 0. The summed E-state index contributed by atoms with van der Waals surface area (Å²) in [5.74, 6) is -2.05. The number of benzene rings is 1. The van der Waals surface area contributed by atoms with Gasteiger partial charge in [-0.25, -0.2) is 4.79 Å². The van der Waals surface area contributed by atoms with Crippen molar-refractivity contribution < 1.29 is 15.0 Å². The summed E-state index contributed by atoms with van der Waals surface area (Å²) in [6, 6.07) is 7.69. The molecular formula is C12H10O3. The zero-order valence-electron chi connectivity index (χ0n) is 7.92. The van der Waals surface area contributed by atoms with Crippen LogP contribution in [0.4, 0.5) is 0 Å². The van der Waals surface area contributed by atoms with Crippen LogP contribution in [0.2, 0.25) is 0 Å². The van der Waals surface area contributed by atoms with Crippen LogP contribution in [-0.2, 0) is 4.79 Å². The van der Waals surface area contributed by atoms with Crippen LogP contribution in [0, 0.1) is 0 Å². The number of hydrogen-bond donors (Lipinski definition) is 2. The van der Waals surface area contributed by atoms with Crippen molar-refractivity contribution >= 4 is 12.0 Å². The van der Waals surface area contributed by atoms with Gasteiger partial charge >= 0.3 is 5.97 Å². The average molecular weight is 202 g/mol. The number of aliphatic hydroxyl groups is 1. The van der Waals surface area contributed by atoms with Crippen molar-refractivity contribution in [3.63, 3.8) is 0 Å². The van der Waals surface area contributed by atoms with Crippen molar-refractivity contribution in [1.29, 1.82) is 0 Å². The first-order chi connectivity index (χ1) is 7.18. The molecule has 0 saturated carbocycles. The number of carboxylic acid groups (broad SMARTS) is 1. The van der Waals surface area contributed by atoms with E-state index in [1.165, 1.54) is 6.08 Å². The van der Waals surface area contributed by atoms with Gasteiger partial charge in [-0.2, -0.15) is 0 Å². The van der Waals surface area contributed by atoms with Gasteiger partial charge in [0.15, 0.2) is 5.76 Å². The first kappa shape index (κ1) is 9.52. The fourth-order valence-electron chi connectivity index (χ4n) is 1.66. The number of hydrogen-bond acceptors (Lipinski definition) is 2. The van der Waals surface area contributed by atoms with Gasteiger partial charge in [0.1, 0.15) is 0 Å². The third kappa shape index (κ3) is 1.76. The van der Waals surface area contributed by atoms with Gasteiger partial charge < -0.3 is 10.2 Å². The molecule has 2 rings (SSSR count). The summed E-state index contributed by atoms with van der Waals surface area (Å²) in [6.07, 6.45) is 5.13. The summed E-state index contributed by atoms with van der Waals surface area (Å²) in [6.45, 7) is 0. The molecule has 1 aromatic rings. The maximum Gasteiger partial charge on any atom is 0.370 e. The molecule has 0 aromatic heterocycles. The number of allylic oxidation sites excluding steroid dienone is 2. The lowest BCUT2D eigenvalue weighted by Crippen LogP contribution is -2.01. The SMILES string of the molecule is O=C(O)C(O)=CC1C=Cc2ccccc21. The summed E-state index contributed by atoms with van der Waals surface area (Å²) < 4.78 is 0. The Labute approximate surface area is 87.0 Å². The molecule has 2 N–H and O–H groups in total. The van der Waals surface area contributed by atoms with Gasteiger partial charge in [0.2, 0.25) is 0 Å². The minimum absolute atomic E-state index is 0.141. The summed E-state index contributed by atoms with van der Waals surface area (Å²) in [5.41, 5.74) is 2.09. The highest BCUT2D eigenvalue weighted by Crippen LogP contribution is 2.31. The third-order valence-corrected chi connectivity index (χ3v) is 2.39. The summed E-state index contributed by atoms with van der Waals surface area (Å²) in [7, 11) is 0. The molecule has 1 aliphatic carbocycles. The second kappa shape index (κ2) is 3.61. The molecule has 15 heavy (non-hydrogen) atoms. The quantitative estimate of drug-likeness (QED) is 0.571. The van der Waals surface area contributed by atoms with Crippen LogP contribution in [-0.4, -0.2) is 16.2 Å². The number of carbonyl (C=O) groups is 1. The molecule has 0 aliphatic heterocycles. The van der Waals surface area contributed by atoms with E-state index in [-0.39, 0.29) is 5.92 Å². The zero-order valence-corrected chi connectivity index (χ0v) is 7.92. The molecule has 0 heterocycles. The molecule has 3 nitrogen and oxygen atoms in total. The molecule has 0 amide bonds. The summed E-state index contributed by atoms with van der Waals surface area (Å²) in [4.78, 5) is 10.5. The first-order valence-electron chi connectivity index (χ1n) is 4.59. The van der Waals surface area contributed by atoms with E-state index in [0.29, 0.717) is 0 Å². The number of aliphatic hydroxyl groups excluding tert-OH is 1. The number of carboxylic acids is 1. The number of aliphatic carboxylic acids is 1. The molecule has 0 bridgehead atoms. The number of fused-ring (bicyclic) bond motifs is 1. The Morgan fingerprint density at radius 1 is 1.27 bits per heavy atom. The molecule has 0 saturated heterocycles. The maximum atomic E-state index is 10.5. The Balaban J connectivity index is 2.33. The van der Waals surface area contributed by atoms with Crippen molar-refractivity contribution in [2.75, 3.05) is 0 Å². The van der Waals surface area contributed by atoms with Crippen LogP contribution < -0.4 is 0 Å². The molecule has 0 spiro atoms. The highest BCUT2D eigenvalue weighted by atomic mass is 16.4. The standard InChI is InChI=1S/C12H10O3/c13-11(12(14)15)7-9-6-5-8-3-1-2-4-10(8)9/h1-7,9,13H,(H,14,15). The van der Waals surface area contributed by atoms with Crippen LogP contribution in [0.25, 0.3) is 6.08 Å². The highest BCUT2D eigenvalue weighted by molar-refractivity contribution is 5.84. The monoisotopic (exact) mass is 202 g/mol. The van der Waals surface area contributed by atoms with E-state index in [9.17, 15) is 4.79 Å². The normalized spacial score (nSPS) is 18.9. The van der Waals surface area contributed by atoms with Gasteiger partial charge in [0.05, 0.1) is 0 Å². The molecule has 1 aromatic carbocycles. The van der Waals surface area contributed by atoms with Crippen LogP contribution >= 0.6 is 0 Å². The lowest BCUT2D eigenvalue weighted by molar-refractivity contribution is -0.135. The van der Waals surface area contributed by atoms with E-state index in [4.69, 9.17) is 10.2 Å². The predicted molar refractivity (Wildman–Crippen MR) is 56.6 cm³/mol. The molecule has 1 aliphatic rings. The minimum atomic E-state index is -1.30. The smallest absolute Gasteiger partial charge is 0.370 e. The van der Waals surface area contributed by atoms with Crippen molar-refractivity contribution in [2.45, 2.75) is 5.92 Å². The lowest BCUT2D eigenvalue weighted by Gasteiger charge is -2.05. The van der Waals surface area contributed by atoms with Crippen LogP contribution in [0.15, 0.2) is 42.2 Å². The Kier molecular flexibility index (Phi) is 2.29. The van der Waals surface area contributed by atoms with E-state index < -0.39 is 11.7 Å². The largest absolute Gasteiger partial charge is 0.502 e. The van der Waals surface area contributed by atoms with Gasteiger partial charge in [0.25, 0.3) is 0 Å². The van der Waals surface area contributed by atoms with Crippen molar-refractivity contribution in [1.82, 2.24) is 0 Å². The van der Waals surface area contributed by atoms with Crippen LogP contribution in [0.3, 0.4) is 0 Å². The van der Waals surface area contributed by atoms with E-state index in [1.54, 1.807) is 0 Å². The molecule has 0 fully saturated rings. The molecule has 3 heteroatoms. The zero-order chi connectivity index (χ0) is 10.8. The van der Waals surface area contributed by atoms with Gasteiger partial charge in [-0.1, -0.05) is 36.4 Å². The van der Waals surface area contributed by atoms with E-state index in [1.807, 2.05) is 36.4 Å². The minimum Gasteiger partial charge on any atom is -0.502 e. The van der Waals surface area contributed by atoms with Gasteiger partial charge in [0, 0.05) is 5.92 Å². The second-order valence-corrected chi connectivity index (χ2v) is 3.37. The Morgan fingerprint density at radius 2 is 2.00 bits per heavy atom. The van der Waals surface area contributed by atoms with E-state index >= 15 is 0 Å². The molecule has 1 atom stereocenters. The van der Waals surface area contributed by atoms with Crippen LogP contribution in [0.5, 0.6) is 0 Å². The first-order valence-corrected chi connectivity index (χ1v) is 4.59. The fourth-order valence-corrected chi connectivity index (χ4v) is 1.66. The highest BCUT2D eigenvalue weighted by Gasteiger charge is 2.16. The summed E-state index contributed by atoms with van der Waals surface area (Å²) in [5, 5.41) is 17.7. The van der Waals surface area contributed by atoms with Gasteiger partial charge in [-0.3, -0.25) is 0 Å². The average Bonchev–Trinajstić information content (AvgIpc) is 2.62. The maximum absolute atomic E-state index is 10.5. The predicted octanol–water partition coefficient (Wildman–Crippen LogP) is 2.32. The van der Waals surface area contributed by atoms with Crippen LogP contribution in [0.1, 0.15) is 17.0 Å². The fraction of sp³-hybridized carbons (Fsp3) is 0.0833. The number of rotatable bonds is 2. The molecule has 76 valence electrons. The lowest BCUT2D eigenvalue weighted by atomic mass is 10.00. The second-order valence-electron chi connectivity index (χ2n) is 3.37. The van der Waals surface area contributed by atoms with Crippen molar-refractivity contribution in [3.05, 3.63) is 53.3 Å². The van der Waals surface area contributed by atoms with E-state index in [2.05, 4.69) is 0 Å². The Hall–Kier alpha value is -2.03. The Bertz CT molecular complexity index is 458. The van der Waals surface area contributed by atoms with Gasteiger partial charge in [-0.05, 0) is 17.2 Å².